The molecule has 0 spiro atoms. The molecule has 0 unspecified atom stereocenters. The van der Waals surface area contributed by atoms with Gasteiger partial charge in [0.2, 0.25) is 0 Å². The lowest BCUT2D eigenvalue weighted by Gasteiger charge is -2.05. The molecule has 0 fully saturated rings. The molecule has 0 saturated heterocycles. The first-order valence-corrected chi connectivity index (χ1v) is 4.91. The van der Waals surface area contributed by atoms with Crippen molar-refractivity contribution in [1.29, 1.82) is 0 Å². The highest BCUT2D eigenvalue weighted by atomic mass is 19.1. The Hall–Kier alpha value is -2.37. The van der Waals surface area contributed by atoms with E-state index in [1.807, 2.05) is 0 Å². The van der Waals surface area contributed by atoms with E-state index in [4.69, 9.17) is 5.73 Å². The average molecular weight is 235 g/mol. The molecule has 0 atom stereocenters. The third kappa shape index (κ3) is 2.25. The van der Waals surface area contributed by atoms with E-state index in [9.17, 15) is 14.0 Å². The molecule has 0 amide bonds. The van der Waals surface area contributed by atoms with Crippen LogP contribution in [0, 0.1) is 5.82 Å². The fraction of sp³-hybridized carbons (Fsp3) is 0.0909. The SMILES string of the molecule is Nc1cc(=O)n(Cc2ccccc2F)c(=O)[nH]1. The third-order valence-electron chi connectivity index (χ3n) is 2.33. The first-order chi connectivity index (χ1) is 8.08. The van der Waals surface area contributed by atoms with Crippen molar-refractivity contribution in [3.8, 4) is 0 Å². The van der Waals surface area contributed by atoms with E-state index in [-0.39, 0.29) is 17.9 Å². The van der Waals surface area contributed by atoms with Crippen LogP contribution in [-0.4, -0.2) is 9.55 Å². The minimum absolute atomic E-state index is 0.00946. The first kappa shape index (κ1) is 11.1. The van der Waals surface area contributed by atoms with Gasteiger partial charge in [-0.3, -0.25) is 14.3 Å². The monoisotopic (exact) mass is 235 g/mol. The van der Waals surface area contributed by atoms with E-state index in [2.05, 4.69) is 4.98 Å². The number of aromatic nitrogens is 2. The minimum atomic E-state index is -0.654. The number of hydrogen-bond donors (Lipinski definition) is 2. The van der Waals surface area contributed by atoms with Crippen LogP contribution in [0.5, 0.6) is 0 Å². The van der Waals surface area contributed by atoms with Crippen molar-refractivity contribution in [2.75, 3.05) is 5.73 Å². The highest BCUT2D eigenvalue weighted by Gasteiger charge is 2.06. The Morgan fingerprint density at radius 1 is 1.29 bits per heavy atom. The fourth-order valence-electron chi connectivity index (χ4n) is 1.48. The summed E-state index contributed by atoms with van der Waals surface area (Å²) in [6, 6.07) is 7.04. The summed E-state index contributed by atoms with van der Waals surface area (Å²) >= 11 is 0. The molecule has 88 valence electrons. The van der Waals surface area contributed by atoms with Crippen LogP contribution in [0.25, 0.3) is 0 Å². The van der Waals surface area contributed by atoms with Crippen molar-refractivity contribution >= 4 is 5.82 Å². The molecule has 17 heavy (non-hydrogen) atoms. The Balaban J connectivity index is 2.48. The number of nitrogens with zero attached hydrogens (tertiary/aromatic N) is 1. The lowest BCUT2D eigenvalue weighted by Crippen LogP contribution is -2.35. The van der Waals surface area contributed by atoms with Crippen LogP contribution in [0.4, 0.5) is 10.2 Å². The maximum absolute atomic E-state index is 13.4. The number of nitrogen functional groups attached to an aromatic ring is 1. The zero-order valence-electron chi connectivity index (χ0n) is 8.81. The zero-order chi connectivity index (χ0) is 12.4. The second kappa shape index (κ2) is 4.25. The van der Waals surface area contributed by atoms with E-state index >= 15 is 0 Å². The number of rotatable bonds is 2. The molecule has 2 aromatic rings. The van der Waals surface area contributed by atoms with Gasteiger partial charge in [0.05, 0.1) is 6.54 Å². The van der Waals surface area contributed by atoms with Gasteiger partial charge in [0.1, 0.15) is 11.6 Å². The molecule has 1 heterocycles. The minimum Gasteiger partial charge on any atom is -0.385 e. The van der Waals surface area contributed by atoms with Gasteiger partial charge in [0.25, 0.3) is 5.56 Å². The van der Waals surface area contributed by atoms with Crippen molar-refractivity contribution in [1.82, 2.24) is 9.55 Å². The van der Waals surface area contributed by atoms with Gasteiger partial charge in [-0.05, 0) is 6.07 Å². The number of halogens is 1. The number of H-pyrrole nitrogens is 1. The molecular weight excluding hydrogens is 225 g/mol. The summed E-state index contributed by atoms with van der Waals surface area (Å²) in [6.45, 7) is -0.124. The smallest absolute Gasteiger partial charge is 0.330 e. The van der Waals surface area contributed by atoms with Crippen LogP contribution in [0.3, 0.4) is 0 Å². The topological polar surface area (TPSA) is 80.9 Å². The number of benzene rings is 1. The van der Waals surface area contributed by atoms with Gasteiger partial charge in [0.15, 0.2) is 0 Å². The molecule has 1 aromatic heterocycles. The van der Waals surface area contributed by atoms with Gasteiger partial charge in [-0.15, -0.1) is 0 Å². The van der Waals surface area contributed by atoms with E-state index < -0.39 is 17.1 Å². The summed E-state index contributed by atoms with van der Waals surface area (Å²) < 4.78 is 14.2. The number of aromatic amines is 1. The van der Waals surface area contributed by atoms with Crippen LogP contribution in [0.15, 0.2) is 39.9 Å². The Morgan fingerprint density at radius 2 is 2.00 bits per heavy atom. The number of nitrogens with two attached hydrogens (primary N) is 1. The lowest BCUT2D eigenvalue weighted by atomic mass is 10.2. The lowest BCUT2D eigenvalue weighted by molar-refractivity contribution is 0.589. The summed E-state index contributed by atoms with van der Waals surface area (Å²) in [5.41, 5.74) is 4.36. The second-order valence-corrected chi connectivity index (χ2v) is 3.55. The molecule has 3 N–H and O–H groups in total. The predicted molar refractivity (Wildman–Crippen MR) is 61.2 cm³/mol. The number of anilines is 1. The Labute approximate surface area is 95.3 Å². The molecule has 5 nitrogen and oxygen atoms in total. The molecular formula is C11H10FN3O2. The molecule has 0 bridgehead atoms. The van der Waals surface area contributed by atoms with Crippen molar-refractivity contribution in [3.63, 3.8) is 0 Å². The van der Waals surface area contributed by atoms with Gasteiger partial charge in [-0.25, -0.2) is 9.18 Å². The maximum Gasteiger partial charge on any atom is 0.330 e. The van der Waals surface area contributed by atoms with Crippen LogP contribution in [0.2, 0.25) is 0 Å². The van der Waals surface area contributed by atoms with Crippen LogP contribution >= 0.6 is 0 Å². The van der Waals surface area contributed by atoms with Crippen molar-refractivity contribution in [2.45, 2.75) is 6.54 Å². The van der Waals surface area contributed by atoms with Gasteiger partial charge in [0, 0.05) is 11.6 Å². The van der Waals surface area contributed by atoms with Gasteiger partial charge in [-0.2, -0.15) is 0 Å². The average Bonchev–Trinajstić information content (AvgIpc) is 2.25. The zero-order valence-corrected chi connectivity index (χ0v) is 8.81. The summed E-state index contributed by atoms with van der Waals surface area (Å²) in [6.07, 6.45) is 0. The molecule has 2 rings (SSSR count). The normalized spacial score (nSPS) is 10.4. The summed E-state index contributed by atoms with van der Waals surface area (Å²) in [7, 11) is 0. The van der Waals surface area contributed by atoms with Gasteiger partial charge in [-0.1, -0.05) is 18.2 Å². The van der Waals surface area contributed by atoms with E-state index in [0.29, 0.717) is 0 Å². The quantitative estimate of drug-likeness (QED) is 0.785. The van der Waals surface area contributed by atoms with E-state index in [0.717, 1.165) is 10.6 Å². The second-order valence-electron chi connectivity index (χ2n) is 3.55. The van der Waals surface area contributed by atoms with Crippen LogP contribution in [-0.2, 0) is 6.54 Å². The molecule has 0 aliphatic carbocycles. The molecule has 0 saturated carbocycles. The van der Waals surface area contributed by atoms with Gasteiger partial charge >= 0.3 is 5.69 Å². The van der Waals surface area contributed by atoms with Crippen LogP contribution in [0.1, 0.15) is 5.56 Å². The van der Waals surface area contributed by atoms with Crippen molar-refractivity contribution in [3.05, 3.63) is 62.6 Å². The summed E-state index contributed by atoms with van der Waals surface area (Å²) in [4.78, 5) is 25.3. The number of hydrogen-bond acceptors (Lipinski definition) is 3. The van der Waals surface area contributed by atoms with Crippen molar-refractivity contribution < 1.29 is 4.39 Å². The van der Waals surface area contributed by atoms with E-state index in [1.165, 1.54) is 18.2 Å². The standard InChI is InChI=1S/C11H10FN3O2/c12-8-4-2-1-3-7(8)6-15-10(16)5-9(13)14-11(15)17/h1-5H,6,13H2,(H,14,17). The maximum atomic E-state index is 13.4. The summed E-state index contributed by atoms with van der Waals surface area (Å²) in [5.74, 6) is -0.472. The Bertz CT molecular complexity index is 629. The van der Waals surface area contributed by atoms with Gasteiger partial charge < -0.3 is 5.73 Å². The first-order valence-electron chi connectivity index (χ1n) is 4.91. The highest BCUT2D eigenvalue weighted by molar-refractivity contribution is 5.24. The largest absolute Gasteiger partial charge is 0.385 e. The third-order valence-corrected chi connectivity index (χ3v) is 2.33. The Kier molecular flexibility index (Phi) is 2.78. The molecule has 6 heteroatoms. The van der Waals surface area contributed by atoms with E-state index in [1.54, 1.807) is 6.07 Å². The fourth-order valence-corrected chi connectivity index (χ4v) is 1.48. The number of nitrogens with one attached hydrogen (secondary N) is 1. The molecule has 0 aliphatic rings. The Morgan fingerprint density at radius 3 is 2.65 bits per heavy atom. The highest BCUT2D eigenvalue weighted by Crippen LogP contribution is 2.06. The molecule has 1 aromatic carbocycles. The van der Waals surface area contributed by atoms with Crippen molar-refractivity contribution in [2.24, 2.45) is 0 Å². The molecule has 0 radical (unpaired) electrons. The predicted octanol–water partition coefficient (Wildman–Crippen LogP) is 0.306. The summed E-state index contributed by atoms with van der Waals surface area (Å²) in [5, 5.41) is 0. The molecule has 0 aliphatic heterocycles. The van der Waals surface area contributed by atoms with Crippen LogP contribution < -0.4 is 17.0 Å².